The van der Waals surface area contributed by atoms with Gasteiger partial charge >= 0.3 is 5.97 Å². The molecule has 0 aliphatic heterocycles. The van der Waals surface area contributed by atoms with Crippen LogP contribution in [0.3, 0.4) is 0 Å². The molecule has 0 saturated carbocycles. The highest BCUT2D eigenvalue weighted by atomic mass is 16.5. The van der Waals surface area contributed by atoms with E-state index in [1.807, 2.05) is 20.8 Å². The van der Waals surface area contributed by atoms with E-state index < -0.39 is 5.97 Å². The van der Waals surface area contributed by atoms with E-state index in [1.165, 1.54) is 0 Å². The lowest BCUT2D eigenvalue weighted by Gasteiger charge is -2.28. The molecule has 0 unspecified atom stereocenters. The summed E-state index contributed by atoms with van der Waals surface area (Å²) in [6.07, 6.45) is 0.739. The number of hydrogen-bond acceptors (Lipinski definition) is 5. The van der Waals surface area contributed by atoms with Gasteiger partial charge in [0.25, 0.3) is 0 Å². The first-order valence-electron chi connectivity index (χ1n) is 6.32. The van der Waals surface area contributed by atoms with Crippen molar-refractivity contribution in [3.8, 4) is 5.88 Å². The molecular weight excluding hydrogens is 246 g/mol. The van der Waals surface area contributed by atoms with Gasteiger partial charge in [0.15, 0.2) is 0 Å². The minimum absolute atomic E-state index is 0.157. The first-order chi connectivity index (χ1) is 8.93. The van der Waals surface area contributed by atoms with Crippen LogP contribution in [0, 0.1) is 6.92 Å². The molecule has 106 valence electrons. The van der Waals surface area contributed by atoms with Crippen molar-refractivity contribution in [2.24, 2.45) is 0 Å². The van der Waals surface area contributed by atoms with Gasteiger partial charge in [-0.15, -0.1) is 0 Å². The van der Waals surface area contributed by atoms with Crippen molar-refractivity contribution in [1.82, 2.24) is 9.97 Å². The lowest BCUT2D eigenvalue weighted by molar-refractivity contribution is -0.137. The van der Waals surface area contributed by atoms with Gasteiger partial charge in [0.1, 0.15) is 11.6 Å². The molecule has 0 bridgehead atoms. The fourth-order valence-corrected chi connectivity index (χ4v) is 1.81. The van der Waals surface area contributed by atoms with Crippen LogP contribution in [0.15, 0.2) is 6.07 Å². The number of methoxy groups -OCH3 is 1. The van der Waals surface area contributed by atoms with Gasteiger partial charge in [0, 0.05) is 25.1 Å². The molecule has 0 aliphatic rings. The standard InChI is InChI=1S/C13H21N3O3/c1-9(2)16(7-5-6-13(17)18)11-8-12(19-4)15-10(3)14-11/h8-9H,5-7H2,1-4H3,(H,17,18). The van der Waals surface area contributed by atoms with E-state index in [-0.39, 0.29) is 12.5 Å². The van der Waals surface area contributed by atoms with E-state index in [0.29, 0.717) is 24.7 Å². The topological polar surface area (TPSA) is 75.5 Å². The molecule has 0 amide bonds. The van der Waals surface area contributed by atoms with Crippen LogP contribution in [-0.2, 0) is 4.79 Å². The molecule has 0 radical (unpaired) electrons. The van der Waals surface area contributed by atoms with Crippen LogP contribution >= 0.6 is 0 Å². The summed E-state index contributed by atoms with van der Waals surface area (Å²) in [4.78, 5) is 21.2. The molecular formula is C13H21N3O3. The summed E-state index contributed by atoms with van der Waals surface area (Å²) in [5, 5.41) is 8.70. The molecule has 1 aromatic rings. The van der Waals surface area contributed by atoms with Gasteiger partial charge in [0.05, 0.1) is 7.11 Å². The molecule has 6 heteroatoms. The highest BCUT2D eigenvalue weighted by molar-refractivity contribution is 5.66. The molecule has 19 heavy (non-hydrogen) atoms. The minimum Gasteiger partial charge on any atom is -0.481 e. The lowest BCUT2D eigenvalue weighted by atomic mass is 10.2. The van der Waals surface area contributed by atoms with Gasteiger partial charge in [-0.05, 0) is 27.2 Å². The SMILES string of the molecule is COc1cc(N(CCCC(=O)O)C(C)C)nc(C)n1. The number of rotatable bonds is 7. The molecule has 0 atom stereocenters. The van der Waals surface area contributed by atoms with Crippen molar-refractivity contribution in [1.29, 1.82) is 0 Å². The third kappa shape index (κ3) is 4.73. The smallest absolute Gasteiger partial charge is 0.303 e. The summed E-state index contributed by atoms with van der Waals surface area (Å²) < 4.78 is 5.14. The number of nitrogens with zero attached hydrogens (tertiary/aromatic N) is 3. The van der Waals surface area contributed by atoms with Gasteiger partial charge in [-0.2, -0.15) is 4.98 Å². The summed E-state index contributed by atoms with van der Waals surface area (Å²) in [6, 6.07) is 2.00. The monoisotopic (exact) mass is 267 g/mol. The Balaban J connectivity index is 2.86. The maximum Gasteiger partial charge on any atom is 0.303 e. The number of carboxylic acid groups (broad SMARTS) is 1. The van der Waals surface area contributed by atoms with Crippen LogP contribution in [0.25, 0.3) is 0 Å². The van der Waals surface area contributed by atoms with Crippen molar-refractivity contribution < 1.29 is 14.6 Å². The van der Waals surface area contributed by atoms with E-state index in [4.69, 9.17) is 9.84 Å². The van der Waals surface area contributed by atoms with Crippen molar-refractivity contribution in [3.05, 3.63) is 11.9 Å². The number of carboxylic acids is 1. The Bertz CT molecular complexity index is 435. The zero-order valence-corrected chi connectivity index (χ0v) is 11.9. The van der Waals surface area contributed by atoms with E-state index >= 15 is 0 Å². The highest BCUT2D eigenvalue weighted by Gasteiger charge is 2.14. The van der Waals surface area contributed by atoms with Crippen LogP contribution in [0.5, 0.6) is 5.88 Å². The highest BCUT2D eigenvalue weighted by Crippen LogP contribution is 2.19. The molecule has 0 aliphatic carbocycles. The van der Waals surface area contributed by atoms with Crippen LogP contribution in [0.2, 0.25) is 0 Å². The summed E-state index contributed by atoms with van der Waals surface area (Å²) in [6.45, 7) is 6.54. The van der Waals surface area contributed by atoms with E-state index in [0.717, 1.165) is 5.82 Å². The van der Waals surface area contributed by atoms with Gasteiger partial charge in [-0.25, -0.2) is 4.98 Å². The first kappa shape index (κ1) is 15.2. The molecule has 1 rings (SSSR count). The predicted molar refractivity (Wildman–Crippen MR) is 72.7 cm³/mol. The zero-order chi connectivity index (χ0) is 14.4. The number of anilines is 1. The second kappa shape index (κ2) is 6.92. The van der Waals surface area contributed by atoms with Gasteiger partial charge in [0.2, 0.25) is 5.88 Å². The second-order valence-electron chi connectivity index (χ2n) is 4.60. The number of hydrogen-bond donors (Lipinski definition) is 1. The van der Waals surface area contributed by atoms with Crippen LogP contribution in [0.4, 0.5) is 5.82 Å². The maximum atomic E-state index is 10.6. The molecule has 0 spiro atoms. The molecule has 1 heterocycles. The van der Waals surface area contributed by atoms with Crippen molar-refractivity contribution in [2.75, 3.05) is 18.6 Å². The Hall–Kier alpha value is -1.85. The number of aryl methyl sites for hydroxylation is 1. The predicted octanol–water partition coefficient (Wildman–Crippen LogP) is 1.87. The third-order valence-corrected chi connectivity index (χ3v) is 2.72. The van der Waals surface area contributed by atoms with Crippen molar-refractivity contribution in [3.63, 3.8) is 0 Å². The van der Waals surface area contributed by atoms with E-state index in [2.05, 4.69) is 14.9 Å². The summed E-state index contributed by atoms with van der Waals surface area (Å²) in [7, 11) is 1.57. The molecule has 0 saturated heterocycles. The van der Waals surface area contributed by atoms with E-state index in [9.17, 15) is 4.79 Å². The van der Waals surface area contributed by atoms with Crippen molar-refractivity contribution >= 4 is 11.8 Å². The van der Waals surface area contributed by atoms with Crippen LogP contribution in [-0.4, -0.2) is 40.7 Å². The average Bonchev–Trinajstić information content (AvgIpc) is 2.32. The number of aromatic nitrogens is 2. The maximum absolute atomic E-state index is 10.6. The Morgan fingerprint density at radius 3 is 2.68 bits per heavy atom. The molecule has 0 fully saturated rings. The average molecular weight is 267 g/mol. The second-order valence-corrected chi connectivity index (χ2v) is 4.60. The third-order valence-electron chi connectivity index (χ3n) is 2.72. The summed E-state index contributed by atoms with van der Waals surface area (Å²) in [5.74, 6) is 1.15. The number of aliphatic carboxylic acids is 1. The largest absolute Gasteiger partial charge is 0.481 e. The Morgan fingerprint density at radius 2 is 2.16 bits per heavy atom. The first-order valence-corrected chi connectivity index (χ1v) is 6.32. The fourth-order valence-electron chi connectivity index (χ4n) is 1.81. The van der Waals surface area contributed by atoms with Gasteiger partial charge in [-0.3, -0.25) is 4.79 Å². The van der Waals surface area contributed by atoms with Crippen LogP contribution < -0.4 is 9.64 Å². The van der Waals surface area contributed by atoms with Gasteiger partial charge in [-0.1, -0.05) is 0 Å². The summed E-state index contributed by atoms with van der Waals surface area (Å²) in [5.41, 5.74) is 0. The quantitative estimate of drug-likeness (QED) is 0.813. The Labute approximate surface area is 113 Å². The molecule has 0 aromatic carbocycles. The van der Waals surface area contributed by atoms with E-state index in [1.54, 1.807) is 13.2 Å². The number of ether oxygens (including phenoxy) is 1. The lowest BCUT2D eigenvalue weighted by Crippen LogP contribution is -2.33. The minimum atomic E-state index is -0.778. The fraction of sp³-hybridized carbons (Fsp3) is 0.615. The van der Waals surface area contributed by atoms with Crippen molar-refractivity contribution in [2.45, 2.75) is 39.7 Å². The summed E-state index contributed by atoms with van der Waals surface area (Å²) >= 11 is 0. The van der Waals surface area contributed by atoms with Gasteiger partial charge < -0.3 is 14.7 Å². The molecule has 1 N–H and O–H groups in total. The van der Waals surface area contributed by atoms with Crippen LogP contribution in [0.1, 0.15) is 32.5 Å². The Kier molecular flexibility index (Phi) is 5.54. The molecule has 6 nitrogen and oxygen atoms in total. The number of carbonyl (C=O) groups is 1. The normalized spacial score (nSPS) is 10.6. The zero-order valence-electron chi connectivity index (χ0n) is 11.9. The Morgan fingerprint density at radius 1 is 1.47 bits per heavy atom. The molecule has 1 aromatic heterocycles.